The van der Waals surface area contributed by atoms with Gasteiger partial charge >= 0.3 is 5.69 Å². The Kier molecular flexibility index (Phi) is 3.27. The van der Waals surface area contributed by atoms with Gasteiger partial charge in [-0.1, -0.05) is 0 Å². The molecule has 108 valence electrons. The number of aliphatic hydroxyl groups is 3. The summed E-state index contributed by atoms with van der Waals surface area (Å²) in [5.74, 6) is -0.0590. The van der Waals surface area contributed by atoms with Crippen LogP contribution < -0.4 is 11.4 Å². The molecule has 1 aliphatic heterocycles. The van der Waals surface area contributed by atoms with Crippen LogP contribution in [-0.2, 0) is 10.5 Å². The van der Waals surface area contributed by atoms with Crippen LogP contribution in [0.4, 0.5) is 5.82 Å². The molecule has 0 bridgehead atoms. The van der Waals surface area contributed by atoms with Gasteiger partial charge in [-0.3, -0.25) is 4.57 Å². The molecule has 9 heteroatoms. The third-order valence-corrected chi connectivity index (χ3v) is 3.43. The van der Waals surface area contributed by atoms with Crippen LogP contribution in [0, 0.1) is 11.3 Å². The van der Waals surface area contributed by atoms with E-state index in [1.807, 2.05) is 0 Å². The van der Waals surface area contributed by atoms with Gasteiger partial charge < -0.3 is 25.8 Å². The molecule has 0 saturated carbocycles. The molecule has 0 radical (unpaired) electrons. The minimum absolute atomic E-state index is 0.0590. The van der Waals surface area contributed by atoms with Gasteiger partial charge in [0.25, 0.3) is 5.72 Å². The van der Waals surface area contributed by atoms with Gasteiger partial charge in [0.2, 0.25) is 0 Å². The SMILES string of the molecule is CC1(O)C(O)C(CO)OC1(C#N)n1ccc(N)nc1=O. The highest BCUT2D eigenvalue weighted by molar-refractivity contribution is 5.26. The van der Waals surface area contributed by atoms with Crippen LogP contribution in [0.15, 0.2) is 17.1 Å². The predicted octanol–water partition coefficient (Wildman–Crippen LogP) is -2.50. The first kappa shape index (κ1) is 14.4. The normalized spacial score (nSPS) is 36.8. The average Bonchev–Trinajstić information content (AvgIpc) is 2.59. The highest BCUT2D eigenvalue weighted by atomic mass is 16.6. The highest BCUT2D eigenvalue weighted by Crippen LogP contribution is 2.42. The quantitative estimate of drug-likeness (QED) is 0.464. The van der Waals surface area contributed by atoms with Gasteiger partial charge in [0.15, 0.2) is 5.60 Å². The Balaban J connectivity index is 2.67. The Hall–Kier alpha value is -1.99. The Bertz CT molecular complexity index is 622. The van der Waals surface area contributed by atoms with Crippen LogP contribution in [-0.4, -0.2) is 49.3 Å². The van der Waals surface area contributed by atoms with Gasteiger partial charge in [-0.2, -0.15) is 10.2 Å². The number of anilines is 1. The third kappa shape index (κ3) is 1.70. The van der Waals surface area contributed by atoms with Crippen molar-refractivity contribution in [2.24, 2.45) is 0 Å². The number of rotatable bonds is 2. The number of aliphatic hydroxyl groups excluding tert-OH is 2. The lowest BCUT2D eigenvalue weighted by atomic mass is 9.88. The standard InChI is InChI=1S/C11H14N4O5/c1-10(19)8(17)6(4-16)20-11(10,5-12)15-3-2-7(13)14-9(15)18/h2-3,6,8,16-17,19H,4H2,1H3,(H2,13,14,18). The number of nitrogens with two attached hydrogens (primary N) is 1. The molecule has 9 nitrogen and oxygen atoms in total. The Morgan fingerprint density at radius 2 is 2.35 bits per heavy atom. The van der Waals surface area contributed by atoms with Crippen molar-refractivity contribution in [3.63, 3.8) is 0 Å². The molecule has 2 rings (SSSR count). The Labute approximate surface area is 113 Å². The molecular formula is C11H14N4O5. The third-order valence-electron chi connectivity index (χ3n) is 3.43. The summed E-state index contributed by atoms with van der Waals surface area (Å²) in [7, 11) is 0. The minimum atomic E-state index is -2.21. The number of nitrogen functional groups attached to an aromatic ring is 1. The molecule has 4 unspecified atom stereocenters. The van der Waals surface area contributed by atoms with Crippen LogP contribution in [0.2, 0.25) is 0 Å². The highest BCUT2D eigenvalue weighted by Gasteiger charge is 2.65. The summed E-state index contributed by atoms with van der Waals surface area (Å²) < 4.78 is 5.99. The van der Waals surface area contributed by atoms with Gasteiger partial charge in [-0.15, -0.1) is 0 Å². The smallest absolute Gasteiger partial charge is 0.352 e. The van der Waals surface area contributed by atoms with Crippen molar-refractivity contribution in [1.82, 2.24) is 9.55 Å². The van der Waals surface area contributed by atoms with Crippen molar-refractivity contribution in [1.29, 1.82) is 5.26 Å². The Morgan fingerprint density at radius 3 is 2.80 bits per heavy atom. The summed E-state index contributed by atoms with van der Waals surface area (Å²) in [4.78, 5) is 15.3. The zero-order chi connectivity index (χ0) is 15.1. The first-order valence-electron chi connectivity index (χ1n) is 5.76. The predicted molar refractivity (Wildman–Crippen MR) is 65.1 cm³/mol. The maximum absolute atomic E-state index is 11.9. The van der Waals surface area contributed by atoms with Gasteiger partial charge in [-0.25, -0.2) is 4.79 Å². The lowest BCUT2D eigenvalue weighted by molar-refractivity contribution is -0.152. The maximum atomic E-state index is 11.9. The molecule has 0 aromatic carbocycles. The van der Waals surface area contributed by atoms with E-state index in [2.05, 4.69) is 4.98 Å². The van der Waals surface area contributed by atoms with E-state index in [4.69, 9.17) is 15.6 Å². The van der Waals surface area contributed by atoms with Gasteiger partial charge in [0.1, 0.15) is 24.1 Å². The first-order chi connectivity index (χ1) is 9.30. The van der Waals surface area contributed by atoms with Gasteiger partial charge in [0.05, 0.1) is 6.61 Å². The van der Waals surface area contributed by atoms with E-state index in [1.54, 1.807) is 6.07 Å². The van der Waals surface area contributed by atoms with E-state index in [0.717, 1.165) is 17.7 Å². The summed E-state index contributed by atoms with van der Waals surface area (Å²) in [5, 5.41) is 38.9. The first-order valence-corrected chi connectivity index (χ1v) is 5.76. The molecule has 1 aromatic heterocycles. The molecule has 4 atom stereocenters. The van der Waals surface area contributed by atoms with Gasteiger partial charge in [-0.05, 0) is 13.0 Å². The zero-order valence-electron chi connectivity index (χ0n) is 10.6. The van der Waals surface area contributed by atoms with Crippen molar-refractivity contribution in [2.45, 2.75) is 30.5 Å². The fraction of sp³-hybridized carbons (Fsp3) is 0.545. The molecule has 1 aliphatic rings. The van der Waals surface area contributed by atoms with Crippen LogP contribution in [0.25, 0.3) is 0 Å². The zero-order valence-corrected chi connectivity index (χ0v) is 10.6. The van der Waals surface area contributed by atoms with E-state index in [0.29, 0.717) is 0 Å². The monoisotopic (exact) mass is 282 g/mol. The molecule has 1 aromatic rings. The van der Waals surface area contributed by atoms with E-state index in [9.17, 15) is 20.3 Å². The second-order valence-corrected chi connectivity index (χ2v) is 4.69. The van der Waals surface area contributed by atoms with Crippen LogP contribution in [0.3, 0.4) is 0 Å². The molecule has 0 amide bonds. The molecule has 2 heterocycles. The summed E-state index contributed by atoms with van der Waals surface area (Å²) in [6.07, 6.45) is -1.64. The number of aromatic nitrogens is 2. The second-order valence-electron chi connectivity index (χ2n) is 4.69. The minimum Gasteiger partial charge on any atom is -0.394 e. The summed E-state index contributed by atoms with van der Waals surface area (Å²) in [6, 6.07) is 2.93. The molecule has 5 N–H and O–H groups in total. The molecular weight excluding hydrogens is 268 g/mol. The molecule has 1 fully saturated rings. The topological polar surface area (TPSA) is 155 Å². The fourth-order valence-corrected chi connectivity index (χ4v) is 2.25. The molecule has 0 spiro atoms. The lowest BCUT2D eigenvalue weighted by Crippen LogP contribution is -2.57. The number of ether oxygens (including phenoxy) is 1. The van der Waals surface area contributed by atoms with E-state index < -0.39 is 35.8 Å². The van der Waals surface area contributed by atoms with Gasteiger partial charge in [0, 0.05) is 6.20 Å². The van der Waals surface area contributed by atoms with E-state index in [1.165, 1.54) is 6.07 Å². The van der Waals surface area contributed by atoms with Crippen LogP contribution in [0.5, 0.6) is 0 Å². The number of hydrogen-bond acceptors (Lipinski definition) is 8. The maximum Gasteiger partial charge on any atom is 0.352 e. The van der Waals surface area contributed by atoms with Crippen molar-refractivity contribution in [3.8, 4) is 6.07 Å². The van der Waals surface area contributed by atoms with Crippen LogP contribution >= 0.6 is 0 Å². The number of hydrogen-bond donors (Lipinski definition) is 4. The largest absolute Gasteiger partial charge is 0.394 e. The average molecular weight is 282 g/mol. The van der Waals surface area contributed by atoms with Crippen molar-refractivity contribution in [2.75, 3.05) is 12.3 Å². The van der Waals surface area contributed by atoms with Crippen LogP contribution in [0.1, 0.15) is 6.92 Å². The number of nitriles is 1. The summed E-state index contributed by atoms with van der Waals surface area (Å²) >= 11 is 0. The molecule has 0 aliphatic carbocycles. The van der Waals surface area contributed by atoms with Crippen molar-refractivity contribution in [3.05, 3.63) is 22.7 Å². The lowest BCUT2D eigenvalue weighted by Gasteiger charge is -2.34. The fourth-order valence-electron chi connectivity index (χ4n) is 2.25. The van der Waals surface area contributed by atoms with Crippen molar-refractivity contribution >= 4 is 5.82 Å². The van der Waals surface area contributed by atoms with E-state index >= 15 is 0 Å². The Morgan fingerprint density at radius 1 is 1.70 bits per heavy atom. The second kappa shape index (κ2) is 4.53. The van der Waals surface area contributed by atoms with Crippen molar-refractivity contribution < 1.29 is 20.1 Å². The molecule has 1 saturated heterocycles. The van der Waals surface area contributed by atoms with E-state index in [-0.39, 0.29) is 5.82 Å². The summed E-state index contributed by atoms with van der Waals surface area (Å²) in [6.45, 7) is 0.511. The number of nitrogens with zero attached hydrogens (tertiary/aromatic N) is 3. The summed E-state index contributed by atoms with van der Waals surface area (Å²) in [5.41, 5.74) is 0.101. The molecule has 20 heavy (non-hydrogen) atoms.